The van der Waals surface area contributed by atoms with E-state index in [1.54, 1.807) is 6.33 Å². The fourth-order valence-corrected chi connectivity index (χ4v) is 3.88. The predicted octanol–water partition coefficient (Wildman–Crippen LogP) is 2.41. The first kappa shape index (κ1) is 15.8. The van der Waals surface area contributed by atoms with Crippen molar-refractivity contribution in [1.29, 1.82) is 0 Å². The van der Waals surface area contributed by atoms with Crippen molar-refractivity contribution in [3.8, 4) is 5.69 Å². The molecule has 2 heterocycles. The lowest BCUT2D eigenvalue weighted by atomic mass is 10.1. The Morgan fingerprint density at radius 3 is 2.88 bits per heavy atom. The second-order valence-electron chi connectivity index (χ2n) is 6.93. The van der Waals surface area contributed by atoms with Crippen LogP contribution in [0.5, 0.6) is 0 Å². The molecule has 1 aromatic heterocycles. The molecule has 2 aromatic rings. The molecule has 0 bridgehead atoms. The third kappa shape index (κ3) is 3.23. The number of hydrogen-bond acceptors (Lipinski definition) is 4. The maximum atomic E-state index is 5.45. The zero-order chi connectivity index (χ0) is 16.4. The van der Waals surface area contributed by atoms with Crippen molar-refractivity contribution < 1.29 is 4.74 Å². The molecule has 24 heavy (non-hydrogen) atoms. The monoisotopic (exact) mass is 326 g/mol. The molecule has 5 heteroatoms. The molecular weight excluding hydrogens is 300 g/mol. The van der Waals surface area contributed by atoms with Gasteiger partial charge in [0.1, 0.15) is 12.2 Å². The van der Waals surface area contributed by atoms with Gasteiger partial charge in [0, 0.05) is 25.6 Å². The van der Waals surface area contributed by atoms with Gasteiger partial charge in [0.25, 0.3) is 0 Å². The van der Waals surface area contributed by atoms with Gasteiger partial charge in [-0.25, -0.2) is 9.67 Å². The molecule has 5 nitrogen and oxygen atoms in total. The zero-order valence-corrected chi connectivity index (χ0v) is 14.4. The molecule has 0 spiro atoms. The van der Waals surface area contributed by atoms with Crippen molar-refractivity contribution in [1.82, 2.24) is 19.7 Å². The smallest absolute Gasteiger partial charge is 0.138 e. The first-order valence-electron chi connectivity index (χ1n) is 9.14. The molecule has 4 rings (SSSR count). The quantitative estimate of drug-likeness (QED) is 0.846. The van der Waals surface area contributed by atoms with Crippen LogP contribution in [0, 0.1) is 0 Å². The minimum absolute atomic E-state index is 0.555. The molecule has 1 atom stereocenters. The fourth-order valence-electron chi connectivity index (χ4n) is 3.88. The molecule has 0 amide bonds. The standard InChI is InChI=1S/C19H26N4O/c1-15(22-9-11-24-12-10-22)5-8-19-20-14-21-23(19)18-7-6-16-3-2-4-17(16)13-18/h6-7,13-15H,2-5,8-12H2,1H3/t15-/m1/s1. The predicted molar refractivity (Wildman–Crippen MR) is 93.6 cm³/mol. The molecule has 0 unspecified atom stereocenters. The van der Waals surface area contributed by atoms with Gasteiger partial charge in [0.15, 0.2) is 0 Å². The first-order chi connectivity index (χ1) is 11.8. The van der Waals surface area contributed by atoms with Crippen LogP contribution in [0.4, 0.5) is 0 Å². The summed E-state index contributed by atoms with van der Waals surface area (Å²) in [6, 6.07) is 7.30. The maximum absolute atomic E-state index is 5.45. The molecule has 0 saturated carbocycles. The molecule has 0 radical (unpaired) electrons. The number of benzene rings is 1. The Hall–Kier alpha value is -1.72. The molecule has 1 fully saturated rings. The molecule has 1 saturated heterocycles. The highest BCUT2D eigenvalue weighted by Gasteiger charge is 2.18. The van der Waals surface area contributed by atoms with Crippen LogP contribution >= 0.6 is 0 Å². The van der Waals surface area contributed by atoms with E-state index in [2.05, 4.69) is 40.1 Å². The number of fused-ring (bicyclic) bond motifs is 1. The number of nitrogens with zero attached hydrogens (tertiary/aromatic N) is 4. The van der Waals surface area contributed by atoms with Crippen LogP contribution in [0.15, 0.2) is 24.5 Å². The van der Waals surface area contributed by atoms with E-state index in [4.69, 9.17) is 4.74 Å². The second kappa shape index (κ2) is 7.03. The van der Waals surface area contributed by atoms with Gasteiger partial charge in [-0.05, 0) is 55.9 Å². The van der Waals surface area contributed by atoms with Crippen molar-refractivity contribution >= 4 is 0 Å². The maximum Gasteiger partial charge on any atom is 0.138 e. The van der Waals surface area contributed by atoms with Crippen molar-refractivity contribution in [3.63, 3.8) is 0 Å². The lowest BCUT2D eigenvalue weighted by Gasteiger charge is -2.32. The third-order valence-electron chi connectivity index (χ3n) is 5.40. The van der Waals surface area contributed by atoms with Crippen molar-refractivity contribution in [2.24, 2.45) is 0 Å². The van der Waals surface area contributed by atoms with E-state index in [-0.39, 0.29) is 0 Å². The average Bonchev–Trinajstić information content (AvgIpc) is 3.28. The van der Waals surface area contributed by atoms with Crippen LogP contribution in [0.1, 0.15) is 36.7 Å². The Morgan fingerprint density at radius 1 is 1.17 bits per heavy atom. The summed E-state index contributed by atoms with van der Waals surface area (Å²) in [7, 11) is 0. The van der Waals surface area contributed by atoms with Crippen LogP contribution in [0.2, 0.25) is 0 Å². The number of rotatable bonds is 5. The van der Waals surface area contributed by atoms with Gasteiger partial charge in [0.05, 0.1) is 18.9 Å². The summed E-state index contributed by atoms with van der Waals surface area (Å²) in [6.45, 7) is 6.10. The molecule has 2 aliphatic rings. The lowest BCUT2D eigenvalue weighted by Crippen LogP contribution is -2.42. The number of ether oxygens (including phenoxy) is 1. The van der Waals surface area contributed by atoms with E-state index >= 15 is 0 Å². The summed E-state index contributed by atoms with van der Waals surface area (Å²) >= 11 is 0. The Bertz CT molecular complexity index is 690. The number of aromatic nitrogens is 3. The van der Waals surface area contributed by atoms with Crippen molar-refractivity contribution in [3.05, 3.63) is 41.5 Å². The summed E-state index contributed by atoms with van der Waals surface area (Å²) < 4.78 is 7.46. The van der Waals surface area contributed by atoms with E-state index in [9.17, 15) is 0 Å². The van der Waals surface area contributed by atoms with E-state index in [1.165, 1.54) is 30.4 Å². The minimum atomic E-state index is 0.555. The topological polar surface area (TPSA) is 43.2 Å². The summed E-state index contributed by atoms with van der Waals surface area (Å²) in [4.78, 5) is 7.03. The van der Waals surface area contributed by atoms with E-state index < -0.39 is 0 Å². The van der Waals surface area contributed by atoms with E-state index in [0.717, 1.165) is 50.7 Å². The molecule has 128 valence electrons. The number of aryl methyl sites for hydroxylation is 3. The Kier molecular flexibility index (Phi) is 4.63. The van der Waals surface area contributed by atoms with Gasteiger partial charge in [-0.3, -0.25) is 4.90 Å². The minimum Gasteiger partial charge on any atom is -0.379 e. The van der Waals surface area contributed by atoms with E-state index in [0.29, 0.717) is 6.04 Å². The number of morpholine rings is 1. The zero-order valence-electron chi connectivity index (χ0n) is 14.4. The van der Waals surface area contributed by atoms with Crippen LogP contribution in [-0.2, 0) is 24.0 Å². The van der Waals surface area contributed by atoms with Gasteiger partial charge >= 0.3 is 0 Å². The largest absolute Gasteiger partial charge is 0.379 e. The molecule has 1 aromatic carbocycles. The molecule has 0 N–H and O–H groups in total. The van der Waals surface area contributed by atoms with Crippen LogP contribution in [0.3, 0.4) is 0 Å². The summed E-state index contributed by atoms with van der Waals surface area (Å²) in [6.07, 6.45) is 7.43. The second-order valence-corrected chi connectivity index (χ2v) is 6.93. The normalized spacial score (nSPS) is 19.4. The van der Waals surface area contributed by atoms with Crippen molar-refractivity contribution in [2.75, 3.05) is 26.3 Å². The highest BCUT2D eigenvalue weighted by molar-refractivity contribution is 5.42. The molecule has 1 aliphatic heterocycles. The van der Waals surface area contributed by atoms with Gasteiger partial charge in [-0.2, -0.15) is 5.10 Å². The average molecular weight is 326 g/mol. The van der Waals surface area contributed by atoms with Gasteiger partial charge in [-0.15, -0.1) is 0 Å². The highest BCUT2D eigenvalue weighted by atomic mass is 16.5. The lowest BCUT2D eigenvalue weighted by molar-refractivity contribution is 0.0186. The fraction of sp³-hybridized carbons (Fsp3) is 0.579. The third-order valence-corrected chi connectivity index (χ3v) is 5.40. The van der Waals surface area contributed by atoms with Gasteiger partial charge in [0.2, 0.25) is 0 Å². The number of hydrogen-bond donors (Lipinski definition) is 0. The summed E-state index contributed by atoms with van der Waals surface area (Å²) in [5.41, 5.74) is 4.14. The molecule has 1 aliphatic carbocycles. The van der Waals surface area contributed by atoms with Crippen LogP contribution in [-0.4, -0.2) is 52.0 Å². The van der Waals surface area contributed by atoms with Gasteiger partial charge in [-0.1, -0.05) is 6.07 Å². The molecular formula is C19H26N4O. The van der Waals surface area contributed by atoms with Gasteiger partial charge < -0.3 is 4.74 Å². The van der Waals surface area contributed by atoms with Crippen molar-refractivity contribution in [2.45, 2.75) is 45.1 Å². The first-order valence-corrected chi connectivity index (χ1v) is 9.14. The Morgan fingerprint density at radius 2 is 2.00 bits per heavy atom. The van der Waals surface area contributed by atoms with Crippen LogP contribution < -0.4 is 0 Å². The van der Waals surface area contributed by atoms with E-state index in [1.807, 2.05) is 4.68 Å². The summed E-state index contributed by atoms with van der Waals surface area (Å²) in [5.74, 6) is 1.06. The summed E-state index contributed by atoms with van der Waals surface area (Å²) in [5, 5.41) is 4.47. The SMILES string of the molecule is C[C@H](CCc1ncnn1-c1ccc2c(c1)CCC2)N1CCOCC1. The highest BCUT2D eigenvalue weighted by Crippen LogP contribution is 2.24. The van der Waals surface area contributed by atoms with Crippen LogP contribution in [0.25, 0.3) is 5.69 Å². The Balaban J connectivity index is 1.44. The Labute approximate surface area is 143 Å².